The van der Waals surface area contributed by atoms with Crippen LogP contribution in [0.4, 0.5) is 0 Å². The molecule has 4 fully saturated rings. The standard InChI is InChI=1S/C18H22N6O2/c25-15(10-23-4-2-1-3-16(23)26)21-17-6-13-5-14(7-17)9-18(8-13,11-17)24-20-12-19-22-24/h1-4,12-14H,5-11H2,(H,21,25). The zero-order chi connectivity index (χ0) is 17.8. The summed E-state index contributed by atoms with van der Waals surface area (Å²) in [6.07, 6.45) is 9.37. The normalized spacial score (nSPS) is 34.8. The molecule has 4 aliphatic carbocycles. The van der Waals surface area contributed by atoms with Crippen LogP contribution in [0.3, 0.4) is 0 Å². The van der Waals surface area contributed by atoms with E-state index in [9.17, 15) is 9.59 Å². The molecule has 0 radical (unpaired) electrons. The number of amides is 1. The first kappa shape index (κ1) is 15.7. The highest BCUT2D eigenvalue weighted by molar-refractivity contribution is 5.76. The average Bonchev–Trinajstić information content (AvgIpc) is 3.10. The molecule has 26 heavy (non-hydrogen) atoms. The molecule has 2 heterocycles. The maximum Gasteiger partial charge on any atom is 0.250 e. The molecule has 2 unspecified atom stereocenters. The fourth-order valence-electron chi connectivity index (χ4n) is 6.06. The van der Waals surface area contributed by atoms with E-state index in [1.165, 1.54) is 23.4 Å². The van der Waals surface area contributed by atoms with Crippen LogP contribution >= 0.6 is 0 Å². The van der Waals surface area contributed by atoms with Crippen molar-refractivity contribution in [3.63, 3.8) is 0 Å². The van der Waals surface area contributed by atoms with E-state index in [2.05, 4.69) is 20.7 Å². The second kappa shape index (κ2) is 5.49. The van der Waals surface area contributed by atoms with Gasteiger partial charge < -0.3 is 9.88 Å². The number of carbonyl (C=O) groups excluding carboxylic acids is 1. The summed E-state index contributed by atoms with van der Waals surface area (Å²) in [6, 6.07) is 4.93. The van der Waals surface area contributed by atoms with E-state index >= 15 is 0 Å². The smallest absolute Gasteiger partial charge is 0.250 e. The second-order valence-corrected chi connectivity index (χ2v) is 8.41. The largest absolute Gasteiger partial charge is 0.349 e. The van der Waals surface area contributed by atoms with Gasteiger partial charge in [-0.3, -0.25) is 9.59 Å². The summed E-state index contributed by atoms with van der Waals surface area (Å²) in [5.74, 6) is 1.07. The molecule has 8 heteroatoms. The molecule has 4 aliphatic rings. The van der Waals surface area contributed by atoms with Crippen molar-refractivity contribution in [1.82, 2.24) is 30.1 Å². The van der Waals surface area contributed by atoms with Gasteiger partial charge in [0.2, 0.25) is 5.91 Å². The number of rotatable bonds is 4. The van der Waals surface area contributed by atoms with Crippen LogP contribution < -0.4 is 10.9 Å². The average molecular weight is 354 g/mol. The van der Waals surface area contributed by atoms with Crippen LogP contribution in [0.2, 0.25) is 0 Å². The van der Waals surface area contributed by atoms with Gasteiger partial charge in [-0.05, 0) is 61.6 Å². The van der Waals surface area contributed by atoms with Gasteiger partial charge in [0.15, 0.2) is 6.33 Å². The first-order valence-corrected chi connectivity index (χ1v) is 9.26. The number of aromatic nitrogens is 5. The molecular formula is C18H22N6O2. The van der Waals surface area contributed by atoms with Crippen molar-refractivity contribution < 1.29 is 4.79 Å². The minimum absolute atomic E-state index is 0.0608. The number of pyridine rings is 1. The molecule has 1 amide bonds. The van der Waals surface area contributed by atoms with Gasteiger partial charge in [-0.15, -0.1) is 10.2 Å². The van der Waals surface area contributed by atoms with E-state index in [-0.39, 0.29) is 29.1 Å². The Hall–Kier alpha value is -2.51. The van der Waals surface area contributed by atoms with Crippen molar-refractivity contribution in [2.45, 2.75) is 56.1 Å². The molecule has 8 nitrogen and oxygen atoms in total. The Kier molecular flexibility index (Phi) is 3.32. The minimum Gasteiger partial charge on any atom is -0.349 e. The van der Waals surface area contributed by atoms with Crippen LogP contribution in [0.25, 0.3) is 0 Å². The van der Waals surface area contributed by atoms with Crippen molar-refractivity contribution in [3.8, 4) is 0 Å². The van der Waals surface area contributed by atoms with E-state index < -0.39 is 0 Å². The molecule has 2 aromatic rings. The lowest BCUT2D eigenvalue weighted by molar-refractivity contribution is -0.132. The maximum atomic E-state index is 12.7. The lowest BCUT2D eigenvalue weighted by Gasteiger charge is -2.61. The molecule has 1 N–H and O–H groups in total. The van der Waals surface area contributed by atoms with Crippen LogP contribution in [0.5, 0.6) is 0 Å². The Balaban J connectivity index is 1.39. The molecule has 0 aliphatic heterocycles. The summed E-state index contributed by atoms with van der Waals surface area (Å²) in [5.41, 5.74) is -0.499. The topological polar surface area (TPSA) is 94.7 Å². The molecule has 4 saturated carbocycles. The van der Waals surface area contributed by atoms with E-state index in [4.69, 9.17) is 0 Å². The molecule has 0 spiro atoms. The van der Waals surface area contributed by atoms with Crippen molar-refractivity contribution in [2.24, 2.45) is 11.8 Å². The Labute approximate surface area is 150 Å². The monoisotopic (exact) mass is 354 g/mol. The second-order valence-electron chi connectivity index (χ2n) is 8.41. The Morgan fingerprint density at radius 2 is 2.04 bits per heavy atom. The molecular weight excluding hydrogens is 332 g/mol. The number of tetrazole rings is 1. The molecule has 6 rings (SSSR count). The molecule has 136 valence electrons. The van der Waals surface area contributed by atoms with E-state index in [0.29, 0.717) is 11.8 Å². The highest BCUT2D eigenvalue weighted by atomic mass is 16.2. The van der Waals surface area contributed by atoms with Gasteiger partial charge in [-0.25, -0.2) is 0 Å². The SMILES string of the molecule is O=C(Cn1ccccc1=O)NC12CC3CC(C1)CC(n1ncnn1)(C3)C2. The number of hydrogen-bond donors (Lipinski definition) is 1. The summed E-state index contributed by atoms with van der Waals surface area (Å²) >= 11 is 0. The predicted molar refractivity (Wildman–Crippen MR) is 92.0 cm³/mol. The third-order valence-corrected chi connectivity index (χ3v) is 6.42. The highest BCUT2D eigenvalue weighted by Crippen LogP contribution is 2.60. The highest BCUT2D eigenvalue weighted by Gasteiger charge is 2.60. The van der Waals surface area contributed by atoms with Gasteiger partial charge in [0, 0.05) is 17.8 Å². The molecule has 0 saturated heterocycles. The molecule has 4 bridgehead atoms. The van der Waals surface area contributed by atoms with Gasteiger partial charge in [0.05, 0.1) is 5.54 Å². The summed E-state index contributed by atoms with van der Waals surface area (Å²) < 4.78 is 1.45. The summed E-state index contributed by atoms with van der Waals surface area (Å²) in [6.45, 7) is 0.0608. The van der Waals surface area contributed by atoms with Crippen molar-refractivity contribution in [1.29, 1.82) is 0 Å². The maximum absolute atomic E-state index is 12.7. The third-order valence-electron chi connectivity index (χ3n) is 6.42. The van der Waals surface area contributed by atoms with Crippen LogP contribution in [-0.4, -0.2) is 36.2 Å². The minimum atomic E-state index is -0.215. The first-order chi connectivity index (χ1) is 12.6. The van der Waals surface area contributed by atoms with Crippen LogP contribution in [-0.2, 0) is 16.9 Å². The van der Waals surface area contributed by atoms with Gasteiger partial charge in [0.25, 0.3) is 5.56 Å². The Bertz CT molecular complexity index is 875. The summed E-state index contributed by atoms with van der Waals surface area (Å²) in [4.78, 5) is 26.4. The first-order valence-electron chi connectivity index (χ1n) is 9.26. The van der Waals surface area contributed by atoms with Crippen LogP contribution in [0.1, 0.15) is 38.5 Å². The van der Waals surface area contributed by atoms with Gasteiger partial charge >= 0.3 is 0 Å². The Morgan fingerprint density at radius 1 is 1.23 bits per heavy atom. The quantitative estimate of drug-likeness (QED) is 0.872. The van der Waals surface area contributed by atoms with Crippen molar-refractivity contribution in [3.05, 3.63) is 41.1 Å². The summed E-state index contributed by atoms with van der Waals surface area (Å²) in [5, 5.41) is 15.7. The zero-order valence-corrected chi connectivity index (χ0v) is 14.5. The number of hydrogen-bond acceptors (Lipinski definition) is 5. The van der Waals surface area contributed by atoms with E-state index in [0.717, 1.165) is 32.1 Å². The molecule has 2 atom stereocenters. The van der Waals surface area contributed by atoms with Crippen LogP contribution in [0, 0.1) is 11.8 Å². The van der Waals surface area contributed by atoms with Crippen molar-refractivity contribution >= 4 is 5.91 Å². The van der Waals surface area contributed by atoms with Crippen LogP contribution in [0.15, 0.2) is 35.5 Å². The summed E-state index contributed by atoms with van der Waals surface area (Å²) in [7, 11) is 0. The van der Waals surface area contributed by atoms with Gasteiger partial charge in [-0.2, -0.15) is 4.80 Å². The van der Waals surface area contributed by atoms with E-state index in [1.807, 2.05) is 0 Å². The lowest BCUT2D eigenvalue weighted by Crippen LogP contribution is -2.66. The number of nitrogens with zero attached hydrogens (tertiary/aromatic N) is 5. The third kappa shape index (κ3) is 2.47. The number of nitrogens with one attached hydrogen (secondary N) is 1. The molecule has 0 aromatic carbocycles. The van der Waals surface area contributed by atoms with Crippen molar-refractivity contribution in [2.75, 3.05) is 0 Å². The fraction of sp³-hybridized carbons (Fsp3) is 0.611. The molecule has 2 aromatic heterocycles. The lowest BCUT2D eigenvalue weighted by atomic mass is 9.50. The van der Waals surface area contributed by atoms with E-state index in [1.54, 1.807) is 23.1 Å². The van der Waals surface area contributed by atoms with Gasteiger partial charge in [0.1, 0.15) is 6.54 Å². The fourth-order valence-corrected chi connectivity index (χ4v) is 6.06. The van der Waals surface area contributed by atoms with Gasteiger partial charge in [-0.1, -0.05) is 6.07 Å². The number of carbonyl (C=O) groups is 1. The predicted octanol–water partition coefficient (Wildman–Crippen LogP) is 0.699. The zero-order valence-electron chi connectivity index (χ0n) is 14.5. The Morgan fingerprint density at radius 3 is 2.73 bits per heavy atom.